The van der Waals surface area contributed by atoms with Gasteiger partial charge in [-0.25, -0.2) is 9.37 Å². The normalized spacial score (nSPS) is 15.2. The molecule has 0 radical (unpaired) electrons. The van der Waals surface area contributed by atoms with E-state index in [1.54, 1.807) is 25.0 Å². The number of benzene rings is 2. The van der Waals surface area contributed by atoms with Gasteiger partial charge in [0.1, 0.15) is 11.6 Å². The molecule has 190 valence electrons. The number of methoxy groups -OCH3 is 2. The zero-order valence-corrected chi connectivity index (χ0v) is 21.2. The molecule has 0 spiro atoms. The fraction of sp³-hybridized carbons (Fsp3) is 0.231. The topological polar surface area (TPSA) is 98.6 Å². The predicted molar refractivity (Wildman–Crippen MR) is 138 cm³/mol. The molecule has 0 bridgehead atoms. The number of nitrogens with one attached hydrogen (secondary N) is 1. The van der Waals surface area contributed by atoms with E-state index in [0.717, 1.165) is 11.3 Å². The lowest BCUT2D eigenvalue weighted by molar-refractivity contribution is -0.122. The maximum atomic E-state index is 13.3. The van der Waals surface area contributed by atoms with Gasteiger partial charge in [0, 0.05) is 35.7 Å². The third kappa shape index (κ3) is 4.90. The Morgan fingerprint density at radius 2 is 1.86 bits per heavy atom. The van der Waals surface area contributed by atoms with E-state index in [2.05, 4.69) is 10.4 Å². The molecule has 0 aliphatic carbocycles. The number of ether oxygens (including phenoxy) is 2. The molecule has 1 N–H and O–H groups in total. The summed E-state index contributed by atoms with van der Waals surface area (Å²) in [4.78, 5) is 31.9. The van der Waals surface area contributed by atoms with Gasteiger partial charge in [0.15, 0.2) is 11.5 Å². The molecule has 1 fully saturated rings. The van der Waals surface area contributed by atoms with Crippen LogP contribution in [0.3, 0.4) is 0 Å². The summed E-state index contributed by atoms with van der Waals surface area (Å²) in [5.41, 5.74) is 2.84. The van der Waals surface area contributed by atoms with Crippen LogP contribution in [0.4, 0.5) is 15.9 Å². The Hall–Kier alpha value is -4.25. The van der Waals surface area contributed by atoms with Crippen molar-refractivity contribution in [2.75, 3.05) is 31.0 Å². The number of rotatable bonds is 7. The van der Waals surface area contributed by atoms with Crippen molar-refractivity contribution in [3.63, 3.8) is 0 Å². The van der Waals surface area contributed by atoms with E-state index in [-0.39, 0.29) is 30.6 Å². The van der Waals surface area contributed by atoms with Crippen molar-refractivity contribution in [2.24, 2.45) is 5.92 Å². The highest BCUT2D eigenvalue weighted by atomic mass is 32.1. The van der Waals surface area contributed by atoms with Crippen molar-refractivity contribution in [1.82, 2.24) is 14.8 Å². The fourth-order valence-corrected chi connectivity index (χ4v) is 5.00. The number of nitrogens with zero attached hydrogens (tertiary/aromatic N) is 4. The Bertz CT molecular complexity index is 1470. The third-order valence-corrected chi connectivity index (χ3v) is 6.89. The minimum Gasteiger partial charge on any atom is -0.493 e. The number of hydrogen-bond donors (Lipinski definition) is 1. The lowest BCUT2D eigenvalue weighted by Gasteiger charge is -2.16. The number of anilines is 2. The zero-order chi connectivity index (χ0) is 26.1. The molecule has 37 heavy (non-hydrogen) atoms. The van der Waals surface area contributed by atoms with Gasteiger partial charge in [0.25, 0.3) is 0 Å². The summed E-state index contributed by atoms with van der Waals surface area (Å²) in [6, 6.07) is 13.0. The average molecular weight is 522 g/mol. The Kier molecular flexibility index (Phi) is 6.62. The Morgan fingerprint density at radius 3 is 2.59 bits per heavy atom. The SMILES string of the molecule is COc1ccc(-c2csc(-n3nc(C)cc3NC(=O)C3CC(=O)N(c4ccc(F)cc4)C3)n2)cc1OC. The van der Waals surface area contributed by atoms with Gasteiger partial charge in [-0.2, -0.15) is 9.78 Å². The van der Waals surface area contributed by atoms with Crippen molar-refractivity contribution in [3.8, 4) is 27.9 Å². The molecule has 1 aliphatic heterocycles. The molecule has 1 saturated heterocycles. The van der Waals surface area contributed by atoms with Gasteiger partial charge in [0.2, 0.25) is 16.9 Å². The van der Waals surface area contributed by atoms with Crippen LogP contribution in [0.5, 0.6) is 11.5 Å². The van der Waals surface area contributed by atoms with Gasteiger partial charge in [-0.3, -0.25) is 9.59 Å². The van der Waals surface area contributed by atoms with E-state index in [1.165, 1.54) is 40.5 Å². The Morgan fingerprint density at radius 1 is 1.11 bits per heavy atom. The minimum atomic E-state index is -0.556. The van der Waals surface area contributed by atoms with Crippen LogP contribution >= 0.6 is 11.3 Å². The quantitative estimate of drug-likeness (QED) is 0.386. The molecule has 4 aromatic rings. The van der Waals surface area contributed by atoms with Crippen LogP contribution in [0.15, 0.2) is 53.9 Å². The van der Waals surface area contributed by atoms with E-state index in [9.17, 15) is 14.0 Å². The maximum Gasteiger partial charge on any atom is 0.230 e. The first kappa shape index (κ1) is 24.4. The summed E-state index contributed by atoms with van der Waals surface area (Å²) in [7, 11) is 3.16. The lowest BCUT2D eigenvalue weighted by Crippen LogP contribution is -2.28. The first-order chi connectivity index (χ1) is 17.9. The highest BCUT2D eigenvalue weighted by Crippen LogP contribution is 2.34. The van der Waals surface area contributed by atoms with E-state index in [0.29, 0.717) is 33.8 Å². The highest BCUT2D eigenvalue weighted by Gasteiger charge is 2.35. The van der Waals surface area contributed by atoms with Crippen molar-refractivity contribution >= 4 is 34.7 Å². The number of amides is 2. The van der Waals surface area contributed by atoms with Crippen LogP contribution in [-0.4, -0.2) is 47.3 Å². The van der Waals surface area contributed by atoms with E-state index in [1.807, 2.05) is 30.5 Å². The molecule has 5 rings (SSSR count). The van der Waals surface area contributed by atoms with Crippen molar-refractivity contribution in [2.45, 2.75) is 13.3 Å². The molecular formula is C26H24FN5O4S. The van der Waals surface area contributed by atoms with Gasteiger partial charge >= 0.3 is 0 Å². The summed E-state index contributed by atoms with van der Waals surface area (Å²) >= 11 is 1.38. The number of aryl methyl sites for hydroxylation is 1. The smallest absolute Gasteiger partial charge is 0.230 e. The Labute approximate surface area is 216 Å². The first-order valence-corrected chi connectivity index (χ1v) is 12.4. The average Bonchev–Trinajstić information content (AvgIpc) is 3.62. The molecule has 2 aromatic heterocycles. The molecule has 0 saturated carbocycles. The maximum absolute atomic E-state index is 13.3. The van der Waals surface area contributed by atoms with Crippen LogP contribution in [0, 0.1) is 18.7 Å². The summed E-state index contributed by atoms with van der Waals surface area (Å²) in [5.74, 6) is 0.260. The van der Waals surface area contributed by atoms with Gasteiger partial charge in [-0.05, 0) is 49.4 Å². The van der Waals surface area contributed by atoms with Gasteiger partial charge in [-0.15, -0.1) is 11.3 Å². The van der Waals surface area contributed by atoms with Crippen LogP contribution in [-0.2, 0) is 9.59 Å². The molecule has 1 aliphatic rings. The molecule has 1 unspecified atom stereocenters. The molecular weight excluding hydrogens is 497 g/mol. The lowest BCUT2D eigenvalue weighted by atomic mass is 10.1. The van der Waals surface area contributed by atoms with Crippen LogP contribution in [0.2, 0.25) is 0 Å². The minimum absolute atomic E-state index is 0.0665. The second kappa shape index (κ2) is 10.0. The third-order valence-electron chi connectivity index (χ3n) is 6.07. The van der Waals surface area contributed by atoms with Crippen molar-refractivity contribution in [1.29, 1.82) is 0 Å². The van der Waals surface area contributed by atoms with Crippen LogP contribution in [0.25, 0.3) is 16.4 Å². The van der Waals surface area contributed by atoms with Crippen LogP contribution < -0.4 is 19.7 Å². The van der Waals surface area contributed by atoms with Crippen molar-refractivity contribution < 1.29 is 23.5 Å². The Balaban J connectivity index is 1.34. The highest BCUT2D eigenvalue weighted by molar-refractivity contribution is 7.12. The number of aromatic nitrogens is 3. The molecule has 2 amide bonds. The summed E-state index contributed by atoms with van der Waals surface area (Å²) in [6.45, 7) is 2.04. The molecule has 9 nitrogen and oxygen atoms in total. The number of thiazole rings is 1. The number of carbonyl (C=O) groups excluding carboxylic acids is 2. The van der Waals surface area contributed by atoms with E-state index < -0.39 is 5.92 Å². The zero-order valence-electron chi connectivity index (χ0n) is 20.4. The van der Waals surface area contributed by atoms with Gasteiger partial charge in [0.05, 0.1) is 31.5 Å². The standard InChI is InChI=1S/C26H24FN5O4S/c1-15-10-23(29-25(34)17-12-24(33)31(13-17)19-7-5-18(27)6-8-19)32(30-15)26-28-20(14-37-26)16-4-9-21(35-2)22(11-16)36-3/h4-11,14,17H,12-13H2,1-3H3,(H,29,34). The number of carbonyl (C=O) groups is 2. The molecule has 11 heteroatoms. The summed E-state index contributed by atoms with van der Waals surface area (Å²) in [5, 5.41) is 9.89. The van der Waals surface area contributed by atoms with Gasteiger partial charge in [-0.1, -0.05) is 0 Å². The monoisotopic (exact) mass is 521 g/mol. The van der Waals surface area contributed by atoms with Gasteiger partial charge < -0.3 is 19.7 Å². The van der Waals surface area contributed by atoms with Crippen molar-refractivity contribution in [3.05, 3.63) is 65.4 Å². The summed E-state index contributed by atoms with van der Waals surface area (Å²) < 4.78 is 25.6. The molecule has 1 atom stereocenters. The second-order valence-corrected chi connectivity index (χ2v) is 9.38. The largest absolute Gasteiger partial charge is 0.493 e. The van der Waals surface area contributed by atoms with E-state index >= 15 is 0 Å². The second-order valence-electron chi connectivity index (χ2n) is 8.54. The first-order valence-electron chi connectivity index (χ1n) is 11.5. The molecule has 3 heterocycles. The number of halogens is 1. The predicted octanol–water partition coefficient (Wildman–Crippen LogP) is 4.45. The summed E-state index contributed by atoms with van der Waals surface area (Å²) in [6.07, 6.45) is 0.0665. The fourth-order valence-electron chi connectivity index (χ4n) is 4.21. The number of hydrogen-bond acceptors (Lipinski definition) is 7. The molecule has 2 aromatic carbocycles. The van der Waals surface area contributed by atoms with Crippen LogP contribution in [0.1, 0.15) is 12.1 Å². The van der Waals surface area contributed by atoms with E-state index in [4.69, 9.17) is 14.5 Å².